The van der Waals surface area contributed by atoms with Crippen LogP contribution < -0.4 is 0 Å². The zero-order valence-corrected chi connectivity index (χ0v) is 15.8. The molecule has 1 heterocycles. The highest BCUT2D eigenvalue weighted by Gasteiger charge is 2.40. The van der Waals surface area contributed by atoms with Crippen molar-refractivity contribution in [3.63, 3.8) is 0 Å². The Hall–Kier alpha value is -2.33. The molecule has 0 aliphatic carbocycles. The Bertz CT molecular complexity index is 778. The number of hydrogen-bond donors (Lipinski definition) is 0. The maximum atomic E-state index is 12.9. The van der Waals surface area contributed by atoms with Crippen molar-refractivity contribution in [3.8, 4) is 0 Å². The Morgan fingerprint density at radius 2 is 1.63 bits per heavy atom. The smallest absolute Gasteiger partial charge is 0.162 e. The lowest BCUT2D eigenvalue weighted by Gasteiger charge is -2.40. The molecule has 0 N–H and O–H groups in total. The molecule has 0 aromatic heterocycles. The van der Waals surface area contributed by atoms with Crippen LogP contribution in [0.15, 0.2) is 54.6 Å². The zero-order valence-electron chi connectivity index (χ0n) is 15.8. The van der Waals surface area contributed by atoms with Crippen molar-refractivity contribution in [2.24, 2.45) is 0 Å². The van der Waals surface area contributed by atoms with Crippen molar-refractivity contribution in [1.82, 2.24) is 4.90 Å². The lowest BCUT2D eigenvalue weighted by Crippen LogP contribution is -2.46. The molecule has 1 aliphatic heterocycles. The Kier molecular flexibility index (Phi) is 6.17. The number of likely N-dealkylation sites (tertiary alicyclic amines) is 1. The number of carbonyl (C=O) groups excluding carboxylic acids is 2. The van der Waals surface area contributed by atoms with Gasteiger partial charge in [-0.05, 0) is 75.6 Å². The maximum Gasteiger partial charge on any atom is 0.162 e. The van der Waals surface area contributed by atoms with E-state index in [1.165, 1.54) is 12.1 Å². The summed E-state index contributed by atoms with van der Waals surface area (Å²) in [4.78, 5) is 26.9. The summed E-state index contributed by atoms with van der Waals surface area (Å²) in [6.45, 7) is 4.26. The zero-order chi connectivity index (χ0) is 19.3. The molecule has 1 fully saturated rings. The molecule has 3 rings (SSSR count). The fourth-order valence-electron chi connectivity index (χ4n) is 4.00. The second-order valence-electron chi connectivity index (χ2n) is 7.38. The van der Waals surface area contributed by atoms with Gasteiger partial charge >= 0.3 is 0 Å². The quantitative estimate of drug-likeness (QED) is 0.680. The largest absolute Gasteiger partial charge is 0.303 e. The monoisotopic (exact) mass is 367 g/mol. The fourth-order valence-corrected chi connectivity index (χ4v) is 4.00. The van der Waals surface area contributed by atoms with E-state index in [1.54, 1.807) is 19.1 Å². The molecule has 0 spiro atoms. The van der Waals surface area contributed by atoms with Crippen molar-refractivity contribution in [1.29, 1.82) is 0 Å². The predicted molar refractivity (Wildman–Crippen MR) is 104 cm³/mol. The Labute approximate surface area is 160 Å². The van der Waals surface area contributed by atoms with Gasteiger partial charge in [0.05, 0.1) is 5.41 Å². The number of ketones is 2. The van der Waals surface area contributed by atoms with Crippen LogP contribution in [0, 0.1) is 5.82 Å². The highest BCUT2D eigenvalue weighted by atomic mass is 19.1. The molecule has 1 saturated heterocycles. The van der Waals surface area contributed by atoms with Crippen molar-refractivity contribution < 1.29 is 14.0 Å². The van der Waals surface area contributed by atoms with Gasteiger partial charge in [-0.1, -0.05) is 30.3 Å². The summed E-state index contributed by atoms with van der Waals surface area (Å²) in [6, 6.07) is 15.8. The number of piperidine rings is 1. The van der Waals surface area contributed by atoms with Gasteiger partial charge in [0.15, 0.2) is 5.78 Å². The minimum absolute atomic E-state index is 0.0503. The van der Waals surface area contributed by atoms with Crippen LogP contribution in [0.2, 0.25) is 0 Å². The highest BCUT2D eigenvalue weighted by molar-refractivity contribution is 5.96. The maximum absolute atomic E-state index is 12.9. The minimum atomic E-state index is -0.373. The first-order chi connectivity index (χ1) is 13.0. The summed E-state index contributed by atoms with van der Waals surface area (Å²) in [5.74, 6) is -0.0403. The van der Waals surface area contributed by atoms with Gasteiger partial charge in [-0.2, -0.15) is 0 Å². The molecule has 1 aliphatic rings. The number of nitrogens with zero attached hydrogens (tertiary/aromatic N) is 1. The van der Waals surface area contributed by atoms with Crippen LogP contribution in [0.1, 0.15) is 48.5 Å². The number of carbonyl (C=O) groups is 2. The van der Waals surface area contributed by atoms with Crippen LogP contribution in [0.3, 0.4) is 0 Å². The van der Waals surface area contributed by atoms with Gasteiger partial charge in [0.25, 0.3) is 0 Å². The van der Waals surface area contributed by atoms with Gasteiger partial charge in [0.2, 0.25) is 0 Å². The van der Waals surface area contributed by atoms with E-state index >= 15 is 0 Å². The van der Waals surface area contributed by atoms with E-state index in [4.69, 9.17) is 0 Å². The van der Waals surface area contributed by atoms with Crippen LogP contribution in [0.5, 0.6) is 0 Å². The van der Waals surface area contributed by atoms with E-state index in [0.29, 0.717) is 12.0 Å². The van der Waals surface area contributed by atoms with Gasteiger partial charge < -0.3 is 4.90 Å². The summed E-state index contributed by atoms with van der Waals surface area (Å²) in [5.41, 5.74) is 1.31. The van der Waals surface area contributed by atoms with E-state index in [0.717, 1.165) is 44.5 Å². The lowest BCUT2D eigenvalue weighted by molar-refractivity contribution is -0.124. The molecule has 2 aromatic carbocycles. The van der Waals surface area contributed by atoms with Crippen molar-refractivity contribution in [3.05, 3.63) is 71.5 Å². The Morgan fingerprint density at radius 3 is 2.22 bits per heavy atom. The first kappa shape index (κ1) is 19.4. The summed E-state index contributed by atoms with van der Waals surface area (Å²) >= 11 is 0. The van der Waals surface area contributed by atoms with Gasteiger partial charge in [0.1, 0.15) is 11.6 Å². The Balaban J connectivity index is 1.51. The number of halogens is 1. The third-order valence-corrected chi connectivity index (χ3v) is 5.75. The topological polar surface area (TPSA) is 37.4 Å². The average molecular weight is 367 g/mol. The van der Waals surface area contributed by atoms with Gasteiger partial charge in [0, 0.05) is 12.0 Å². The molecular formula is C23H26FNO2. The van der Waals surface area contributed by atoms with Gasteiger partial charge in [-0.15, -0.1) is 0 Å². The molecule has 2 aromatic rings. The molecule has 0 saturated carbocycles. The van der Waals surface area contributed by atoms with E-state index < -0.39 is 0 Å². The third-order valence-electron chi connectivity index (χ3n) is 5.75. The summed E-state index contributed by atoms with van der Waals surface area (Å²) in [7, 11) is 0. The van der Waals surface area contributed by atoms with E-state index in [1.807, 2.05) is 18.2 Å². The van der Waals surface area contributed by atoms with Crippen LogP contribution >= 0.6 is 0 Å². The van der Waals surface area contributed by atoms with Crippen LogP contribution in [-0.4, -0.2) is 36.1 Å². The number of rotatable bonds is 7. The molecule has 4 heteroatoms. The first-order valence-electron chi connectivity index (χ1n) is 9.59. The molecule has 0 radical (unpaired) electrons. The molecule has 3 nitrogen and oxygen atoms in total. The molecule has 0 atom stereocenters. The number of hydrogen-bond acceptors (Lipinski definition) is 3. The number of benzene rings is 2. The van der Waals surface area contributed by atoms with Crippen molar-refractivity contribution >= 4 is 11.6 Å². The van der Waals surface area contributed by atoms with E-state index in [2.05, 4.69) is 17.0 Å². The third kappa shape index (κ3) is 4.51. The Morgan fingerprint density at radius 1 is 1.00 bits per heavy atom. The van der Waals surface area contributed by atoms with Crippen LogP contribution in [-0.2, 0) is 10.2 Å². The van der Waals surface area contributed by atoms with Crippen LogP contribution in [0.4, 0.5) is 4.39 Å². The predicted octanol–water partition coefficient (Wildman–Crippen LogP) is 4.41. The lowest BCUT2D eigenvalue weighted by atomic mass is 9.70. The molecule has 27 heavy (non-hydrogen) atoms. The van der Waals surface area contributed by atoms with Crippen LogP contribution in [0.25, 0.3) is 0 Å². The summed E-state index contributed by atoms with van der Waals surface area (Å²) < 4.78 is 12.9. The fraction of sp³-hybridized carbons (Fsp3) is 0.391. The van der Waals surface area contributed by atoms with Crippen molar-refractivity contribution in [2.45, 2.75) is 38.0 Å². The first-order valence-corrected chi connectivity index (χ1v) is 9.59. The normalized spacial score (nSPS) is 16.8. The highest BCUT2D eigenvalue weighted by Crippen LogP contribution is 2.36. The molecule has 0 bridgehead atoms. The molecular weight excluding hydrogens is 341 g/mol. The molecule has 0 amide bonds. The second kappa shape index (κ2) is 8.57. The molecule has 142 valence electrons. The van der Waals surface area contributed by atoms with Crippen molar-refractivity contribution in [2.75, 3.05) is 19.6 Å². The summed E-state index contributed by atoms with van der Waals surface area (Å²) in [6.07, 6.45) is 2.86. The SMILES string of the molecule is CC(=O)C1(c2ccccc2)CCN(CCCC(=O)c2ccc(F)cc2)CC1. The van der Waals surface area contributed by atoms with Gasteiger partial charge in [-0.25, -0.2) is 4.39 Å². The summed E-state index contributed by atoms with van der Waals surface area (Å²) in [5, 5.41) is 0. The second-order valence-corrected chi connectivity index (χ2v) is 7.38. The van der Waals surface area contributed by atoms with E-state index in [-0.39, 0.29) is 22.8 Å². The number of Topliss-reactive ketones (excluding diaryl/α,β-unsaturated/α-hetero) is 2. The minimum Gasteiger partial charge on any atom is -0.303 e. The van der Waals surface area contributed by atoms with E-state index in [9.17, 15) is 14.0 Å². The molecule has 0 unspecified atom stereocenters. The standard InChI is InChI=1S/C23H26FNO2/c1-18(26)23(20-6-3-2-4-7-20)13-16-25(17-14-23)15-5-8-22(27)19-9-11-21(24)12-10-19/h2-4,6-7,9-12H,5,8,13-17H2,1H3. The van der Waals surface area contributed by atoms with Gasteiger partial charge in [-0.3, -0.25) is 9.59 Å². The average Bonchev–Trinajstić information content (AvgIpc) is 2.69.